The zero-order valence-electron chi connectivity index (χ0n) is 32.1. The summed E-state index contributed by atoms with van der Waals surface area (Å²) in [6.45, 7) is 5.58. The Bertz CT molecular complexity index is 1650. The lowest BCUT2D eigenvalue weighted by molar-refractivity contribution is 0.304. The van der Waals surface area contributed by atoms with Crippen LogP contribution in [0.5, 0.6) is 17.2 Å². The van der Waals surface area contributed by atoms with Crippen molar-refractivity contribution in [3.8, 4) is 17.2 Å². The molecule has 0 unspecified atom stereocenters. The van der Waals surface area contributed by atoms with E-state index in [1.54, 1.807) is 24.3 Å². The molecule has 0 saturated heterocycles. The van der Waals surface area contributed by atoms with Crippen LogP contribution in [-0.4, -0.2) is 35.2 Å². The van der Waals surface area contributed by atoms with E-state index < -0.39 is 25.8 Å². The summed E-state index contributed by atoms with van der Waals surface area (Å²) in [6.07, 6.45) is 24.7. The third-order valence-electron chi connectivity index (χ3n) is 9.32. The first-order valence-electron chi connectivity index (χ1n) is 20.0. The lowest BCUT2D eigenvalue weighted by atomic mass is 10.1. The Hall–Kier alpha value is -3.44. The van der Waals surface area contributed by atoms with Gasteiger partial charge in [-0.3, -0.25) is 9.44 Å². The maximum atomic E-state index is 13.3. The summed E-state index contributed by atoms with van der Waals surface area (Å²) >= 11 is 0. The molecule has 0 aliphatic heterocycles. The van der Waals surface area contributed by atoms with Crippen LogP contribution in [-0.2, 0) is 20.0 Å². The molecule has 0 saturated carbocycles. The van der Waals surface area contributed by atoms with Crippen molar-refractivity contribution in [1.29, 1.82) is 0 Å². The van der Waals surface area contributed by atoms with Gasteiger partial charge in [-0.2, -0.15) is 0 Å². The molecule has 3 rings (SSSR count). The van der Waals surface area contributed by atoms with Gasteiger partial charge in [0.2, 0.25) is 0 Å². The predicted molar refractivity (Wildman–Crippen MR) is 217 cm³/mol. The highest BCUT2D eigenvalue weighted by atomic mass is 32.2. The van der Waals surface area contributed by atoms with Gasteiger partial charge in [-0.05, 0) is 73.5 Å². The highest BCUT2D eigenvalue weighted by Gasteiger charge is 2.22. The van der Waals surface area contributed by atoms with E-state index in [2.05, 4.69) is 23.3 Å². The van der Waals surface area contributed by atoms with Gasteiger partial charge in [0, 0.05) is 0 Å². The van der Waals surface area contributed by atoms with E-state index >= 15 is 0 Å². The summed E-state index contributed by atoms with van der Waals surface area (Å²) in [5.41, 5.74) is -0.403. The molecule has 0 fully saturated rings. The van der Waals surface area contributed by atoms with Crippen molar-refractivity contribution < 1.29 is 31.4 Å². The molecule has 0 radical (unpaired) electrons. The number of rotatable bonds is 30. The summed E-state index contributed by atoms with van der Waals surface area (Å²) in [5, 5.41) is 10.6. The van der Waals surface area contributed by atoms with Crippen molar-refractivity contribution in [2.24, 2.45) is 0 Å². The molecule has 0 aliphatic rings. The van der Waals surface area contributed by atoms with Gasteiger partial charge >= 0.3 is 0 Å². The fraction of sp³-hybridized carbons (Fsp3) is 0.571. The van der Waals surface area contributed by atoms with Crippen LogP contribution in [0.15, 0.2) is 76.5 Å². The van der Waals surface area contributed by atoms with Gasteiger partial charge in [-0.1, -0.05) is 135 Å². The highest BCUT2D eigenvalue weighted by Crippen LogP contribution is 2.35. The molecule has 0 aromatic heterocycles. The fourth-order valence-electron chi connectivity index (χ4n) is 6.12. The Morgan fingerprint density at radius 1 is 0.472 bits per heavy atom. The van der Waals surface area contributed by atoms with Crippen LogP contribution in [0.3, 0.4) is 0 Å². The van der Waals surface area contributed by atoms with Crippen molar-refractivity contribution in [3.05, 3.63) is 66.7 Å². The molecular weight excluding hydrogens is 709 g/mol. The number of unbranched alkanes of at least 4 members (excludes halogenated alkanes) is 18. The number of hydrogen-bond acceptors (Lipinski definition) is 7. The van der Waals surface area contributed by atoms with Crippen LogP contribution in [0, 0.1) is 0 Å². The minimum atomic E-state index is -4.19. The minimum absolute atomic E-state index is 0.0330. The zero-order chi connectivity index (χ0) is 38.2. The Labute approximate surface area is 320 Å². The molecule has 296 valence electrons. The summed E-state index contributed by atoms with van der Waals surface area (Å²) < 4.78 is 69.6. The van der Waals surface area contributed by atoms with E-state index in [1.807, 2.05) is 0 Å². The molecule has 3 aromatic rings. The highest BCUT2D eigenvalue weighted by molar-refractivity contribution is 7.93. The number of phenols is 1. The Morgan fingerprint density at radius 2 is 0.830 bits per heavy atom. The first kappa shape index (κ1) is 44.0. The molecule has 3 N–H and O–H groups in total. The molecule has 0 atom stereocenters. The topological polar surface area (TPSA) is 131 Å². The van der Waals surface area contributed by atoms with Crippen LogP contribution in [0.1, 0.15) is 142 Å². The van der Waals surface area contributed by atoms with Crippen molar-refractivity contribution >= 4 is 31.4 Å². The number of aromatic hydroxyl groups is 1. The van der Waals surface area contributed by atoms with Crippen LogP contribution in [0.4, 0.5) is 11.4 Å². The first-order chi connectivity index (χ1) is 25.7. The van der Waals surface area contributed by atoms with Gasteiger partial charge in [0.1, 0.15) is 22.9 Å². The number of anilines is 2. The molecular formula is C42H64N2O7S2. The third kappa shape index (κ3) is 17.1. The maximum absolute atomic E-state index is 13.3. The zero-order valence-corrected chi connectivity index (χ0v) is 33.8. The lowest BCUT2D eigenvalue weighted by Gasteiger charge is -2.16. The Kier molecular flexibility index (Phi) is 20.6. The number of hydrogen-bond donors (Lipinski definition) is 3. The molecule has 0 bridgehead atoms. The molecule has 53 heavy (non-hydrogen) atoms. The quantitative estimate of drug-likeness (QED) is 0.0454. The van der Waals surface area contributed by atoms with Crippen molar-refractivity contribution in [2.75, 3.05) is 22.7 Å². The normalized spacial score (nSPS) is 11.7. The maximum Gasteiger partial charge on any atom is 0.262 e. The van der Waals surface area contributed by atoms with Gasteiger partial charge in [-0.25, -0.2) is 16.8 Å². The van der Waals surface area contributed by atoms with Gasteiger partial charge in [0.25, 0.3) is 20.0 Å². The number of ether oxygens (including phenoxy) is 2. The lowest BCUT2D eigenvalue weighted by Crippen LogP contribution is -2.17. The smallest absolute Gasteiger partial charge is 0.262 e. The SMILES string of the molecule is CCCCCCCCCCCCOc1ccc(S(=O)(=O)Nc2cccc(O)c2NS(=O)(=O)c2ccc(OCCCCCCCCCCCC)cc2)cc1. The van der Waals surface area contributed by atoms with E-state index in [4.69, 9.17) is 9.47 Å². The second-order valence-electron chi connectivity index (χ2n) is 13.9. The Balaban J connectivity index is 1.45. The van der Waals surface area contributed by atoms with Crippen LogP contribution >= 0.6 is 0 Å². The van der Waals surface area contributed by atoms with E-state index in [1.165, 1.54) is 145 Å². The standard InChI is InChI=1S/C42H64N2O7S2/c1-3-5-7-9-11-13-15-17-19-21-34-50-36-26-30-38(31-27-36)52(46,47)43-40-24-23-25-41(45)42(40)44-53(48,49)39-32-28-37(29-33-39)51-35-22-20-18-16-14-12-10-8-6-4-2/h23-33,43-45H,3-22,34-35H2,1-2H3. The number of benzene rings is 3. The van der Waals surface area contributed by atoms with Gasteiger partial charge in [-0.15, -0.1) is 0 Å². The van der Waals surface area contributed by atoms with Crippen molar-refractivity contribution in [1.82, 2.24) is 0 Å². The third-order valence-corrected chi connectivity index (χ3v) is 12.1. The largest absolute Gasteiger partial charge is 0.506 e. The molecule has 0 spiro atoms. The molecule has 9 nitrogen and oxygen atoms in total. The number of para-hydroxylation sites is 1. The van der Waals surface area contributed by atoms with Gasteiger partial charge < -0.3 is 14.6 Å². The van der Waals surface area contributed by atoms with E-state index in [0.29, 0.717) is 24.7 Å². The molecule has 3 aromatic carbocycles. The summed E-state index contributed by atoms with van der Waals surface area (Å²) in [5.74, 6) is 0.702. The van der Waals surface area contributed by atoms with Crippen LogP contribution in [0.25, 0.3) is 0 Å². The van der Waals surface area contributed by atoms with E-state index in [0.717, 1.165) is 25.7 Å². The molecule has 0 aliphatic carbocycles. The second kappa shape index (κ2) is 24.8. The molecule has 11 heteroatoms. The number of nitrogens with one attached hydrogen (secondary N) is 2. The van der Waals surface area contributed by atoms with Crippen LogP contribution < -0.4 is 18.9 Å². The number of phenolic OH excluding ortho intramolecular Hbond substituents is 1. The monoisotopic (exact) mass is 772 g/mol. The number of sulfonamides is 2. The second-order valence-corrected chi connectivity index (χ2v) is 17.3. The predicted octanol–water partition coefficient (Wildman–Crippen LogP) is 11.6. The van der Waals surface area contributed by atoms with Crippen molar-refractivity contribution in [2.45, 2.75) is 152 Å². The molecule has 0 amide bonds. The summed E-state index contributed by atoms with van der Waals surface area (Å²) in [7, 11) is -8.32. The van der Waals surface area contributed by atoms with E-state index in [9.17, 15) is 21.9 Å². The van der Waals surface area contributed by atoms with E-state index in [-0.39, 0.29) is 21.2 Å². The van der Waals surface area contributed by atoms with Gasteiger partial charge in [0.15, 0.2) is 0 Å². The molecule has 0 heterocycles. The van der Waals surface area contributed by atoms with Crippen LogP contribution in [0.2, 0.25) is 0 Å². The summed E-state index contributed by atoms with van der Waals surface area (Å²) in [6, 6.07) is 16.2. The first-order valence-corrected chi connectivity index (χ1v) is 23.0. The summed E-state index contributed by atoms with van der Waals surface area (Å²) in [4.78, 5) is -0.0939. The Morgan fingerprint density at radius 3 is 1.23 bits per heavy atom. The fourth-order valence-corrected chi connectivity index (χ4v) is 8.29. The average molecular weight is 773 g/mol. The average Bonchev–Trinajstić information content (AvgIpc) is 3.14. The van der Waals surface area contributed by atoms with Crippen molar-refractivity contribution in [3.63, 3.8) is 0 Å². The van der Waals surface area contributed by atoms with Gasteiger partial charge in [0.05, 0.1) is 28.7 Å². The minimum Gasteiger partial charge on any atom is -0.506 e.